The average molecular weight is 1010 g/mol. The molecule has 0 amide bonds. The summed E-state index contributed by atoms with van der Waals surface area (Å²) in [5.74, 6) is 0. The van der Waals surface area contributed by atoms with Crippen LogP contribution in [0.3, 0.4) is 0 Å². The molecule has 0 atom stereocenters. The minimum atomic E-state index is 1.09. The van der Waals surface area contributed by atoms with Crippen molar-refractivity contribution in [3.8, 4) is 50.8 Å². The van der Waals surface area contributed by atoms with Gasteiger partial charge in [0, 0.05) is 17.1 Å². The van der Waals surface area contributed by atoms with Gasteiger partial charge in [-0.25, -0.2) is 0 Å². The second kappa shape index (κ2) is 31.7. The van der Waals surface area contributed by atoms with Crippen molar-refractivity contribution in [2.45, 2.75) is 234 Å². The van der Waals surface area contributed by atoms with Gasteiger partial charge in [0.15, 0.2) is 0 Å². The first kappa shape index (κ1) is 57.4. The second-order valence-corrected chi connectivity index (χ2v) is 22.2. The highest BCUT2D eigenvalue weighted by atomic mass is 15.1. The fraction of sp³-hybridized carbons (Fsp3) is 0.500. The lowest BCUT2D eigenvalue weighted by atomic mass is 10.0. The first-order valence-corrected chi connectivity index (χ1v) is 31.1. The molecule has 0 aliphatic rings. The van der Waals surface area contributed by atoms with Crippen LogP contribution in [0.5, 0.6) is 0 Å². The van der Waals surface area contributed by atoms with E-state index < -0.39 is 0 Å². The Hall–Kier alpha value is -5.28. The Morgan fingerprint density at radius 3 is 0.693 bits per heavy atom. The summed E-state index contributed by atoms with van der Waals surface area (Å²) < 4.78 is 8.29. The summed E-state index contributed by atoms with van der Waals surface area (Å²) in [4.78, 5) is 0. The molecule has 0 aliphatic heterocycles. The molecule has 0 fully saturated rings. The first-order chi connectivity index (χ1) is 37.0. The molecule has 0 saturated carbocycles. The molecule has 402 valence electrons. The third-order valence-corrected chi connectivity index (χ3v) is 16.1. The van der Waals surface area contributed by atoms with Crippen LogP contribution < -0.4 is 0 Å². The van der Waals surface area contributed by atoms with E-state index in [0.717, 1.165) is 38.5 Å². The molecular formula is C72H99N3. The lowest BCUT2D eigenvalue weighted by Crippen LogP contribution is -2.11. The molecule has 0 bridgehead atoms. The number of hydrogen-bond acceptors (Lipinski definition) is 0. The molecule has 0 N–H and O–H groups in total. The summed E-state index contributed by atoms with van der Waals surface area (Å²) >= 11 is 0. The second-order valence-electron chi connectivity index (χ2n) is 22.2. The monoisotopic (exact) mass is 1010 g/mol. The number of benzene rings is 4. The standard InChI is InChI=1S/C72H99N3/c1-7-13-19-28-46-61-52-70(58-40-31-25-32-41-58)73(67(61)49-37-22-16-10-4)64-55-65(74-68(50-38-23-17-11-5)62(47-29-20-14-8-2)53-71(74)59-42-33-26-34-43-59)57-66(56-64)75-69(51-39-24-18-12-6)63(48-30-21-15-9-3)54-72(75)60-44-35-27-36-45-60/h25-27,31-36,40-45,52-57H,7-24,28-30,37-39,46-51H2,1-6H3. The molecule has 75 heavy (non-hydrogen) atoms. The largest absolute Gasteiger partial charge is 0.313 e. The Morgan fingerprint density at radius 2 is 0.467 bits per heavy atom. The zero-order valence-corrected chi connectivity index (χ0v) is 48.2. The van der Waals surface area contributed by atoms with Crippen molar-refractivity contribution in [3.63, 3.8) is 0 Å². The molecule has 7 rings (SSSR count). The van der Waals surface area contributed by atoms with Crippen molar-refractivity contribution in [1.29, 1.82) is 0 Å². The number of unbranched alkanes of at least 4 members (excludes halogenated alkanes) is 18. The highest BCUT2D eigenvalue weighted by Gasteiger charge is 2.25. The molecule has 4 aromatic carbocycles. The van der Waals surface area contributed by atoms with Gasteiger partial charge in [-0.15, -0.1) is 0 Å². The van der Waals surface area contributed by atoms with Crippen LogP contribution in [0.2, 0.25) is 0 Å². The lowest BCUT2D eigenvalue weighted by Gasteiger charge is -2.23. The highest BCUT2D eigenvalue weighted by Crippen LogP contribution is 2.40. The quantitative estimate of drug-likeness (QED) is 0.0348. The third kappa shape index (κ3) is 15.9. The molecule has 7 aromatic rings. The van der Waals surface area contributed by atoms with Crippen LogP contribution in [0.25, 0.3) is 50.8 Å². The van der Waals surface area contributed by atoms with Crippen molar-refractivity contribution in [2.75, 3.05) is 0 Å². The Morgan fingerprint density at radius 1 is 0.240 bits per heavy atom. The average Bonchev–Trinajstić information content (AvgIpc) is 4.14. The summed E-state index contributed by atoms with van der Waals surface area (Å²) in [6.07, 6.45) is 36.9. The minimum Gasteiger partial charge on any atom is -0.313 e. The zero-order chi connectivity index (χ0) is 52.5. The Bertz CT molecular complexity index is 2370. The number of nitrogens with zero attached hydrogens (tertiary/aromatic N) is 3. The fourth-order valence-corrected chi connectivity index (χ4v) is 12.0. The molecule has 3 heterocycles. The molecule has 0 saturated heterocycles. The molecule has 3 nitrogen and oxygen atoms in total. The maximum Gasteiger partial charge on any atom is 0.0534 e. The van der Waals surface area contributed by atoms with Crippen molar-refractivity contribution in [2.24, 2.45) is 0 Å². The molecule has 0 aliphatic carbocycles. The van der Waals surface area contributed by atoms with E-state index in [1.165, 1.54) is 222 Å². The van der Waals surface area contributed by atoms with Gasteiger partial charge in [0.05, 0.1) is 34.1 Å². The molecule has 0 radical (unpaired) electrons. The Labute approximate surface area is 457 Å². The summed E-state index contributed by atoms with van der Waals surface area (Å²) in [6, 6.07) is 49.9. The van der Waals surface area contributed by atoms with E-state index in [1.807, 2.05) is 0 Å². The Kier molecular flexibility index (Phi) is 24.3. The topological polar surface area (TPSA) is 14.8 Å². The van der Waals surface area contributed by atoms with Gasteiger partial charge in [-0.05, 0) is 147 Å². The van der Waals surface area contributed by atoms with E-state index in [1.54, 1.807) is 16.7 Å². The lowest BCUT2D eigenvalue weighted by molar-refractivity contribution is 0.640. The van der Waals surface area contributed by atoms with Crippen molar-refractivity contribution < 1.29 is 0 Å². The SMILES string of the molecule is CCCCCCc1cc(-c2ccccc2)n(-c2cc(-n3c(-c4ccccc4)cc(CCCCCC)c3CCCCCC)cc(-n3c(-c4ccccc4)cc(CCCCCC)c3CCCCCC)c2)c1CCCCCC. The van der Waals surface area contributed by atoms with Crippen LogP contribution in [0.1, 0.15) is 229 Å². The maximum absolute atomic E-state index is 2.76. The summed E-state index contributed by atoms with van der Waals surface area (Å²) in [6.45, 7) is 14.1. The summed E-state index contributed by atoms with van der Waals surface area (Å²) in [5.41, 5.74) is 20.9. The van der Waals surface area contributed by atoms with E-state index >= 15 is 0 Å². The van der Waals surface area contributed by atoms with E-state index in [0.29, 0.717) is 0 Å². The summed E-state index contributed by atoms with van der Waals surface area (Å²) in [5, 5.41) is 0. The molecular weight excluding hydrogens is 907 g/mol. The molecule has 3 aromatic heterocycles. The molecule has 0 spiro atoms. The van der Waals surface area contributed by atoms with Gasteiger partial charge in [0.2, 0.25) is 0 Å². The maximum atomic E-state index is 2.76. The predicted molar refractivity (Wildman–Crippen MR) is 328 cm³/mol. The normalized spacial score (nSPS) is 11.6. The van der Waals surface area contributed by atoms with Crippen LogP contribution in [-0.2, 0) is 38.5 Å². The van der Waals surface area contributed by atoms with E-state index in [-0.39, 0.29) is 0 Å². The zero-order valence-electron chi connectivity index (χ0n) is 48.2. The number of hydrogen-bond donors (Lipinski definition) is 0. The smallest absolute Gasteiger partial charge is 0.0534 e. The summed E-state index contributed by atoms with van der Waals surface area (Å²) in [7, 11) is 0. The van der Waals surface area contributed by atoms with Gasteiger partial charge in [0.1, 0.15) is 0 Å². The Balaban J connectivity index is 1.60. The van der Waals surface area contributed by atoms with Crippen LogP contribution in [0.15, 0.2) is 127 Å². The molecule has 0 unspecified atom stereocenters. The van der Waals surface area contributed by atoms with Crippen LogP contribution in [-0.4, -0.2) is 13.7 Å². The van der Waals surface area contributed by atoms with Gasteiger partial charge in [-0.3, -0.25) is 0 Å². The highest BCUT2D eigenvalue weighted by molar-refractivity contribution is 5.73. The van der Waals surface area contributed by atoms with Crippen LogP contribution in [0.4, 0.5) is 0 Å². The van der Waals surface area contributed by atoms with Gasteiger partial charge in [-0.2, -0.15) is 0 Å². The van der Waals surface area contributed by atoms with Crippen LogP contribution in [0, 0.1) is 0 Å². The first-order valence-electron chi connectivity index (χ1n) is 31.1. The van der Waals surface area contributed by atoms with E-state index in [4.69, 9.17) is 0 Å². The van der Waals surface area contributed by atoms with Crippen molar-refractivity contribution >= 4 is 0 Å². The van der Waals surface area contributed by atoms with Crippen LogP contribution >= 0.6 is 0 Å². The van der Waals surface area contributed by atoms with E-state index in [9.17, 15) is 0 Å². The molecule has 3 heteroatoms. The predicted octanol–water partition coefficient (Wildman–Crippen LogP) is 21.8. The van der Waals surface area contributed by atoms with Crippen molar-refractivity contribution in [1.82, 2.24) is 13.7 Å². The number of rotatable bonds is 36. The third-order valence-electron chi connectivity index (χ3n) is 16.1. The number of aromatic nitrogens is 3. The van der Waals surface area contributed by atoms with Gasteiger partial charge < -0.3 is 13.7 Å². The minimum absolute atomic E-state index is 1.09. The fourth-order valence-electron chi connectivity index (χ4n) is 12.0. The van der Waals surface area contributed by atoms with Gasteiger partial charge in [0.25, 0.3) is 0 Å². The van der Waals surface area contributed by atoms with Crippen molar-refractivity contribution in [3.05, 3.63) is 161 Å². The van der Waals surface area contributed by atoms with Gasteiger partial charge >= 0.3 is 0 Å². The van der Waals surface area contributed by atoms with E-state index in [2.05, 4.69) is 183 Å². The number of aryl methyl sites for hydroxylation is 3. The van der Waals surface area contributed by atoms with Gasteiger partial charge in [-0.1, -0.05) is 248 Å².